The molecule has 0 fully saturated rings. The summed E-state index contributed by atoms with van der Waals surface area (Å²) in [5, 5.41) is 16.0. The molecule has 2 unspecified atom stereocenters. The van der Waals surface area contributed by atoms with E-state index in [2.05, 4.69) is 45.4 Å². The van der Waals surface area contributed by atoms with E-state index < -0.39 is 0 Å². The summed E-state index contributed by atoms with van der Waals surface area (Å²) in [5.41, 5.74) is 1.93. The maximum Gasteiger partial charge on any atom is 0.223 e. The molecule has 0 aliphatic rings. The Morgan fingerprint density at radius 2 is 1.90 bits per heavy atom. The largest absolute Gasteiger partial charge is 0.346 e. The molecule has 6 nitrogen and oxygen atoms in total. The Bertz CT molecular complexity index is 1020. The number of nitrogens with zero attached hydrogens (tertiary/aromatic N) is 4. The van der Waals surface area contributed by atoms with Crippen molar-refractivity contribution in [2.24, 2.45) is 5.92 Å². The van der Waals surface area contributed by atoms with Gasteiger partial charge in [-0.05, 0) is 59.0 Å². The molecule has 0 aliphatic heterocycles. The molecule has 0 bridgehead atoms. The first-order valence-electron chi connectivity index (χ1n) is 9.85. The number of nitrogens with one attached hydrogen (secondary N) is 1. The van der Waals surface area contributed by atoms with Crippen LogP contribution in [0.15, 0.2) is 65.7 Å². The summed E-state index contributed by atoms with van der Waals surface area (Å²) >= 11 is 1.65. The summed E-state index contributed by atoms with van der Waals surface area (Å²) < 4.78 is 4.04. The predicted molar refractivity (Wildman–Crippen MR) is 115 cm³/mol. The predicted octanol–water partition coefficient (Wildman–Crippen LogP) is 4.48. The number of aromatic nitrogens is 4. The highest BCUT2D eigenvalue weighted by Gasteiger charge is 2.24. The van der Waals surface area contributed by atoms with Crippen LogP contribution in [-0.2, 0) is 4.79 Å². The van der Waals surface area contributed by atoms with Crippen LogP contribution in [0.2, 0.25) is 0 Å². The lowest BCUT2D eigenvalue weighted by Crippen LogP contribution is -2.32. The van der Waals surface area contributed by atoms with Crippen molar-refractivity contribution in [2.75, 3.05) is 0 Å². The molecule has 4 aromatic rings. The van der Waals surface area contributed by atoms with E-state index in [1.807, 2.05) is 58.7 Å². The zero-order chi connectivity index (χ0) is 20.2. The molecule has 7 heteroatoms. The molecule has 0 saturated carbocycles. The van der Waals surface area contributed by atoms with Crippen molar-refractivity contribution in [1.82, 2.24) is 24.5 Å². The summed E-state index contributed by atoms with van der Waals surface area (Å²) in [6, 6.07) is 11.7. The van der Waals surface area contributed by atoms with Gasteiger partial charge in [-0.3, -0.25) is 9.20 Å². The third kappa shape index (κ3) is 4.40. The second-order valence-electron chi connectivity index (χ2n) is 7.64. The van der Waals surface area contributed by atoms with E-state index in [0.717, 1.165) is 23.5 Å². The zero-order valence-corrected chi connectivity index (χ0v) is 17.4. The third-order valence-corrected chi connectivity index (χ3v) is 5.69. The Morgan fingerprint density at radius 3 is 2.62 bits per heavy atom. The van der Waals surface area contributed by atoms with Gasteiger partial charge in [0.1, 0.15) is 0 Å². The first kappa shape index (κ1) is 19.4. The molecule has 150 valence electrons. The van der Waals surface area contributed by atoms with Gasteiger partial charge in [0.2, 0.25) is 5.91 Å². The van der Waals surface area contributed by atoms with Crippen molar-refractivity contribution >= 4 is 22.9 Å². The van der Waals surface area contributed by atoms with E-state index >= 15 is 0 Å². The van der Waals surface area contributed by atoms with Crippen molar-refractivity contribution in [2.45, 2.75) is 38.8 Å². The van der Waals surface area contributed by atoms with Gasteiger partial charge in [-0.25, -0.2) is 0 Å². The highest BCUT2D eigenvalue weighted by atomic mass is 32.1. The van der Waals surface area contributed by atoms with Gasteiger partial charge in [0, 0.05) is 18.6 Å². The standard InChI is InChI=1S/C22H25N5OS/c1-16(2)13-18(22-25-24-20-7-3-4-11-27(20)22)23-21(28)14-19(17-8-12-29-15-17)26-9-5-6-10-26/h3-12,15-16,18-19H,13-14H2,1-2H3,(H,23,28). The lowest BCUT2D eigenvalue weighted by molar-refractivity contribution is -0.122. The van der Waals surface area contributed by atoms with Gasteiger partial charge in [0.15, 0.2) is 11.5 Å². The number of fused-ring (bicyclic) bond motifs is 1. The van der Waals surface area contributed by atoms with Crippen LogP contribution in [0.3, 0.4) is 0 Å². The van der Waals surface area contributed by atoms with Crippen molar-refractivity contribution in [3.05, 3.63) is 77.1 Å². The normalized spacial score (nSPS) is 13.6. The van der Waals surface area contributed by atoms with E-state index in [1.165, 1.54) is 0 Å². The van der Waals surface area contributed by atoms with Gasteiger partial charge in [0.05, 0.1) is 18.5 Å². The molecule has 0 saturated heterocycles. The maximum atomic E-state index is 13.1. The van der Waals surface area contributed by atoms with Crippen LogP contribution in [0, 0.1) is 5.92 Å². The molecular weight excluding hydrogens is 382 g/mol. The number of pyridine rings is 1. The van der Waals surface area contributed by atoms with Gasteiger partial charge >= 0.3 is 0 Å². The van der Waals surface area contributed by atoms with Gasteiger partial charge in [0.25, 0.3) is 0 Å². The van der Waals surface area contributed by atoms with Crippen molar-refractivity contribution < 1.29 is 4.79 Å². The minimum absolute atomic E-state index is 0.00762. The molecule has 4 rings (SSSR count). The van der Waals surface area contributed by atoms with E-state index in [4.69, 9.17) is 0 Å². The van der Waals surface area contributed by atoms with Crippen LogP contribution in [0.25, 0.3) is 5.65 Å². The topological polar surface area (TPSA) is 64.2 Å². The monoisotopic (exact) mass is 407 g/mol. The molecule has 4 aromatic heterocycles. The summed E-state index contributed by atoms with van der Waals surface area (Å²) in [7, 11) is 0. The quantitative estimate of drug-likeness (QED) is 0.468. The molecule has 4 heterocycles. The Balaban J connectivity index is 1.56. The first-order valence-corrected chi connectivity index (χ1v) is 10.8. The molecule has 0 spiro atoms. The highest BCUT2D eigenvalue weighted by Crippen LogP contribution is 2.26. The van der Waals surface area contributed by atoms with E-state index in [1.54, 1.807) is 11.3 Å². The number of amides is 1. The smallest absolute Gasteiger partial charge is 0.223 e. The van der Waals surface area contributed by atoms with Crippen LogP contribution >= 0.6 is 11.3 Å². The van der Waals surface area contributed by atoms with Crippen molar-refractivity contribution in [3.8, 4) is 0 Å². The summed E-state index contributed by atoms with van der Waals surface area (Å²) in [6.45, 7) is 4.30. The maximum absolute atomic E-state index is 13.1. The Kier molecular flexibility index (Phi) is 5.76. The molecule has 0 aliphatic carbocycles. The minimum Gasteiger partial charge on any atom is -0.346 e. The SMILES string of the molecule is CC(C)CC(NC(=O)CC(c1ccsc1)n1cccc1)c1nnc2ccccn12. The number of carbonyl (C=O) groups is 1. The summed E-state index contributed by atoms with van der Waals surface area (Å²) in [4.78, 5) is 13.1. The van der Waals surface area contributed by atoms with Crippen LogP contribution in [0.4, 0.5) is 0 Å². The zero-order valence-electron chi connectivity index (χ0n) is 16.6. The average Bonchev–Trinajstić information content (AvgIpc) is 3.47. The first-order chi connectivity index (χ1) is 14.1. The molecule has 1 amide bonds. The fraction of sp³-hybridized carbons (Fsp3) is 0.318. The summed E-state index contributed by atoms with van der Waals surface area (Å²) in [5.74, 6) is 1.19. The summed E-state index contributed by atoms with van der Waals surface area (Å²) in [6.07, 6.45) is 7.13. The fourth-order valence-electron chi connectivity index (χ4n) is 3.64. The van der Waals surface area contributed by atoms with Gasteiger partial charge in [-0.1, -0.05) is 19.9 Å². The molecule has 0 aromatic carbocycles. The van der Waals surface area contributed by atoms with Crippen molar-refractivity contribution in [3.63, 3.8) is 0 Å². The average molecular weight is 408 g/mol. The van der Waals surface area contributed by atoms with Crippen molar-refractivity contribution in [1.29, 1.82) is 0 Å². The van der Waals surface area contributed by atoms with Crippen LogP contribution < -0.4 is 5.32 Å². The van der Waals surface area contributed by atoms with Crippen LogP contribution in [-0.4, -0.2) is 25.1 Å². The number of thiophene rings is 1. The molecule has 0 radical (unpaired) electrons. The Hall–Kier alpha value is -2.93. The van der Waals surface area contributed by atoms with E-state index in [0.29, 0.717) is 12.3 Å². The number of rotatable bonds is 8. The molecular formula is C22H25N5OS. The highest BCUT2D eigenvalue weighted by molar-refractivity contribution is 7.08. The Morgan fingerprint density at radius 1 is 1.10 bits per heavy atom. The minimum atomic E-state index is -0.187. The number of hydrogen-bond acceptors (Lipinski definition) is 4. The number of hydrogen-bond donors (Lipinski definition) is 1. The number of carbonyl (C=O) groups excluding carboxylic acids is 1. The van der Waals surface area contributed by atoms with E-state index in [9.17, 15) is 4.79 Å². The fourth-order valence-corrected chi connectivity index (χ4v) is 4.35. The second-order valence-corrected chi connectivity index (χ2v) is 8.42. The lowest BCUT2D eigenvalue weighted by atomic mass is 10.0. The molecule has 29 heavy (non-hydrogen) atoms. The Labute approximate surface area is 174 Å². The third-order valence-electron chi connectivity index (χ3n) is 4.99. The van der Waals surface area contributed by atoms with E-state index in [-0.39, 0.29) is 18.0 Å². The second kappa shape index (κ2) is 8.61. The molecule has 2 atom stereocenters. The van der Waals surface area contributed by atoms with Gasteiger partial charge in [-0.2, -0.15) is 11.3 Å². The van der Waals surface area contributed by atoms with Crippen LogP contribution in [0.1, 0.15) is 50.2 Å². The van der Waals surface area contributed by atoms with Gasteiger partial charge in [-0.15, -0.1) is 10.2 Å². The molecule has 1 N–H and O–H groups in total. The van der Waals surface area contributed by atoms with Crippen LogP contribution in [0.5, 0.6) is 0 Å². The van der Waals surface area contributed by atoms with Gasteiger partial charge < -0.3 is 9.88 Å². The lowest BCUT2D eigenvalue weighted by Gasteiger charge is -2.22.